The number of aromatic nitrogens is 1. The Bertz CT molecular complexity index is 439. The predicted octanol–water partition coefficient (Wildman–Crippen LogP) is 4.03. The standard InChI is InChI=1S/C18H30N2O/c1-5-11-20-17(16-13-19-12-8-15(16)3)18(21-4)9-6-14(2)7-10-18/h8,12-14,17,20H,5-7,9-11H2,1-4H3. The van der Waals surface area contributed by atoms with E-state index in [1.54, 1.807) is 0 Å². The first kappa shape index (κ1) is 16.4. The first-order valence-corrected chi connectivity index (χ1v) is 8.32. The van der Waals surface area contributed by atoms with E-state index < -0.39 is 0 Å². The molecular weight excluding hydrogens is 260 g/mol. The van der Waals surface area contributed by atoms with Crippen LogP contribution in [0, 0.1) is 12.8 Å². The van der Waals surface area contributed by atoms with E-state index in [1.165, 1.54) is 24.0 Å². The monoisotopic (exact) mass is 290 g/mol. The van der Waals surface area contributed by atoms with E-state index >= 15 is 0 Å². The Kier molecular flexibility index (Phi) is 5.77. The highest BCUT2D eigenvalue weighted by molar-refractivity contribution is 5.28. The number of methoxy groups -OCH3 is 1. The lowest BCUT2D eigenvalue weighted by Gasteiger charge is -2.45. The van der Waals surface area contributed by atoms with E-state index in [1.807, 2.05) is 19.5 Å². The van der Waals surface area contributed by atoms with Crippen LogP contribution in [-0.2, 0) is 4.74 Å². The van der Waals surface area contributed by atoms with Crippen molar-refractivity contribution in [3.63, 3.8) is 0 Å². The average Bonchev–Trinajstić information content (AvgIpc) is 2.51. The number of aryl methyl sites for hydroxylation is 1. The van der Waals surface area contributed by atoms with Crippen LogP contribution in [0.15, 0.2) is 18.5 Å². The van der Waals surface area contributed by atoms with Gasteiger partial charge in [-0.3, -0.25) is 4.98 Å². The number of nitrogens with one attached hydrogen (secondary N) is 1. The van der Waals surface area contributed by atoms with E-state index in [2.05, 4.69) is 37.1 Å². The highest BCUT2D eigenvalue weighted by Gasteiger charge is 2.42. The number of nitrogens with zero attached hydrogens (tertiary/aromatic N) is 1. The molecule has 1 N–H and O–H groups in total. The van der Waals surface area contributed by atoms with Gasteiger partial charge in [-0.2, -0.15) is 0 Å². The van der Waals surface area contributed by atoms with Crippen molar-refractivity contribution in [3.05, 3.63) is 29.6 Å². The largest absolute Gasteiger partial charge is 0.376 e. The smallest absolute Gasteiger partial charge is 0.0873 e. The molecule has 1 heterocycles. The molecule has 1 aliphatic rings. The van der Waals surface area contributed by atoms with Crippen LogP contribution < -0.4 is 5.32 Å². The first-order chi connectivity index (χ1) is 10.1. The molecule has 21 heavy (non-hydrogen) atoms. The van der Waals surface area contributed by atoms with E-state index in [0.29, 0.717) is 0 Å². The topological polar surface area (TPSA) is 34.2 Å². The third-order valence-electron chi connectivity index (χ3n) is 5.04. The van der Waals surface area contributed by atoms with Crippen LogP contribution in [0.3, 0.4) is 0 Å². The van der Waals surface area contributed by atoms with Crippen molar-refractivity contribution in [2.45, 2.75) is 64.5 Å². The molecule has 1 unspecified atom stereocenters. The fourth-order valence-corrected chi connectivity index (χ4v) is 3.51. The summed E-state index contributed by atoms with van der Waals surface area (Å²) in [5.41, 5.74) is 2.51. The molecule has 0 saturated heterocycles. The number of hydrogen-bond donors (Lipinski definition) is 1. The lowest BCUT2D eigenvalue weighted by molar-refractivity contribution is -0.0762. The molecule has 1 aromatic heterocycles. The van der Waals surface area contributed by atoms with Crippen LogP contribution in [-0.4, -0.2) is 24.2 Å². The van der Waals surface area contributed by atoms with Crippen LogP contribution >= 0.6 is 0 Å². The quantitative estimate of drug-likeness (QED) is 0.859. The van der Waals surface area contributed by atoms with Crippen molar-refractivity contribution in [2.24, 2.45) is 5.92 Å². The van der Waals surface area contributed by atoms with Gasteiger partial charge in [0.05, 0.1) is 11.6 Å². The Morgan fingerprint density at radius 3 is 2.71 bits per heavy atom. The zero-order valence-electron chi connectivity index (χ0n) is 14.0. The number of ether oxygens (including phenoxy) is 1. The van der Waals surface area contributed by atoms with E-state index in [9.17, 15) is 0 Å². The van der Waals surface area contributed by atoms with E-state index in [4.69, 9.17) is 4.74 Å². The van der Waals surface area contributed by atoms with E-state index in [-0.39, 0.29) is 11.6 Å². The molecule has 1 aliphatic carbocycles. The Labute approximate surface area is 129 Å². The summed E-state index contributed by atoms with van der Waals surface area (Å²) in [7, 11) is 1.88. The minimum Gasteiger partial charge on any atom is -0.376 e. The Balaban J connectivity index is 2.32. The third-order valence-corrected chi connectivity index (χ3v) is 5.04. The molecular formula is C18H30N2O. The molecule has 0 spiro atoms. The molecule has 0 amide bonds. The van der Waals surface area contributed by atoms with Crippen LogP contribution in [0.2, 0.25) is 0 Å². The molecule has 0 bridgehead atoms. The minimum absolute atomic E-state index is 0.0878. The molecule has 1 fully saturated rings. The van der Waals surface area contributed by atoms with Gasteiger partial charge in [0.2, 0.25) is 0 Å². The van der Waals surface area contributed by atoms with Crippen LogP contribution in [0.25, 0.3) is 0 Å². The molecule has 118 valence electrons. The Morgan fingerprint density at radius 1 is 1.43 bits per heavy atom. The molecule has 1 saturated carbocycles. The van der Waals surface area contributed by atoms with Crippen molar-refractivity contribution >= 4 is 0 Å². The molecule has 0 aliphatic heterocycles. The van der Waals surface area contributed by atoms with Gasteiger partial charge in [-0.1, -0.05) is 13.8 Å². The summed E-state index contributed by atoms with van der Waals surface area (Å²) in [6.45, 7) is 7.75. The van der Waals surface area contributed by atoms with Crippen molar-refractivity contribution in [1.82, 2.24) is 10.3 Å². The molecule has 0 aromatic carbocycles. The first-order valence-electron chi connectivity index (χ1n) is 8.32. The third kappa shape index (κ3) is 3.64. The summed E-state index contributed by atoms with van der Waals surface area (Å²) < 4.78 is 6.11. The van der Waals surface area contributed by atoms with Gasteiger partial charge >= 0.3 is 0 Å². The molecule has 1 atom stereocenters. The zero-order chi connectivity index (χ0) is 15.3. The van der Waals surface area contributed by atoms with Gasteiger partial charge in [0.1, 0.15) is 0 Å². The van der Waals surface area contributed by atoms with Crippen molar-refractivity contribution in [1.29, 1.82) is 0 Å². The van der Waals surface area contributed by atoms with Crippen LogP contribution in [0.5, 0.6) is 0 Å². The number of hydrogen-bond acceptors (Lipinski definition) is 3. The zero-order valence-corrected chi connectivity index (χ0v) is 14.0. The van der Waals surface area contributed by atoms with Gasteiger partial charge in [0.25, 0.3) is 0 Å². The molecule has 1 aromatic rings. The lowest BCUT2D eigenvalue weighted by Crippen LogP contribution is -2.48. The summed E-state index contributed by atoms with van der Waals surface area (Å²) >= 11 is 0. The Hall–Kier alpha value is -0.930. The second kappa shape index (κ2) is 7.37. The van der Waals surface area contributed by atoms with Gasteiger partial charge in [-0.15, -0.1) is 0 Å². The summed E-state index contributed by atoms with van der Waals surface area (Å²) in [5.74, 6) is 0.815. The summed E-state index contributed by atoms with van der Waals surface area (Å²) in [4.78, 5) is 4.35. The van der Waals surface area contributed by atoms with Crippen molar-refractivity contribution in [3.8, 4) is 0 Å². The second-order valence-electron chi connectivity index (χ2n) is 6.57. The van der Waals surface area contributed by atoms with Gasteiger partial charge in [0, 0.05) is 19.5 Å². The second-order valence-corrected chi connectivity index (χ2v) is 6.57. The average molecular weight is 290 g/mol. The highest BCUT2D eigenvalue weighted by atomic mass is 16.5. The summed E-state index contributed by atoms with van der Waals surface area (Å²) in [5, 5.41) is 3.74. The Morgan fingerprint density at radius 2 is 2.14 bits per heavy atom. The van der Waals surface area contributed by atoms with Crippen LogP contribution in [0.1, 0.15) is 63.1 Å². The molecule has 2 rings (SSSR count). The maximum Gasteiger partial charge on any atom is 0.0873 e. The normalized spacial score (nSPS) is 27.5. The van der Waals surface area contributed by atoms with Crippen molar-refractivity contribution in [2.75, 3.05) is 13.7 Å². The summed E-state index contributed by atoms with van der Waals surface area (Å²) in [6, 6.07) is 2.34. The summed E-state index contributed by atoms with van der Waals surface area (Å²) in [6.07, 6.45) is 9.77. The maximum atomic E-state index is 6.11. The van der Waals surface area contributed by atoms with Gasteiger partial charge in [-0.25, -0.2) is 0 Å². The molecule has 3 heteroatoms. The number of pyridine rings is 1. The van der Waals surface area contributed by atoms with Gasteiger partial charge in [0.15, 0.2) is 0 Å². The fourth-order valence-electron chi connectivity index (χ4n) is 3.51. The van der Waals surface area contributed by atoms with Gasteiger partial charge in [-0.05, 0) is 68.7 Å². The van der Waals surface area contributed by atoms with Crippen LogP contribution in [0.4, 0.5) is 0 Å². The molecule has 3 nitrogen and oxygen atoms in total. The van der Waals surface area contributed by atoms with Crippen molar-refractivity contribution < 1.29 is 4.74 Å². The fraction of sp³-hybridized carbons (Fsp3) is 0.722. The predicted molar refractivity (Wildman–Crippen MR) is 87.4 cm³/mol. The maximum absolute atomic E-state index is 6.11. The van der Waals surface area contributed by atoms with Gasteiger partial charge < -0.3 is 10.1 Å². The lowest BCUT2D eigenvalue weighted by atomic mass is 9.73. The molecule has 0 radical (unpaired) electrons. The minimum atomic E-state index is -0.0878. The van der Waals surface area contributed by atoms with E-state index in [0.717, 1.165) is 31.7 Å². The number of rotatable bonds is 6. The SMILES string of the molecule is CCCNC(c1cnccc1C)C1(OC)CCC(C)CC1. The highest BCUT2D eigenvalue weighted by Crippen LogP contribution is 2.43.